The number of hydrogen-bond donors (Lipinski definition) is 3. The standard InChI is InChI=1S/C13H17ClN2O4/c1-13(2,3)9-4-7(5-10(14)16-9)11(18)15-6-8(17)12(19)20/h4-5,8,17H,6H2,1-3H3,(H,15,18)(H,19,20). The summed E-state index contributed by atoms with van der Waals surface area (Å²) in [6.45, 7) is 5.42. The van der Waals surface area contributed by atoms with Crippen LogP contribution < -0.4 is 5.32 Å². The van der Waals surface area contributed by atoms with Gasteiger partial charge in [0.1, 0.15) is 5.15 Å². The van der Waals surface area contributed by atoms with Crippen LogP contribution in [0.5, 0.6) is 0 Å². The van der Waals surface area contributed by atoms with Gasteiger partial charge in [-0.2, -0.15) is 0 Å². The van der Waals surface area contributed by atoms with Crippen LogP contribution >= 0.6 is 11.6 Å². The number of pyridine rings is 1. The molecule has 0 aliphatic carbocycles. The number of hydrogen-bond acceptors (Lipinski definition) is 4. The molecule has 1 rings (SSSR count). The van der Waals surface area contributed by atoms with Crippen LogP contribution in [0.25, 0.3) is 0 Å². The molecule has 3 N–H and O–H groups in total. The predicted molar refractivity (Wildman–Crippen MR) is 73.9 cm³/mol. The Balaban J connectivity index is 2.88. The quantitative estimate of drug-likeness (QED) is 0.726. The lowest BCUT2D eigenvalue weighted by molar-refractivity contribution is -0.146. The third-order valence-corrected chi connectivity index (χ3v) is 2.76. The maximum absolute atomic E-state index is 11.9. The van der Waals surface area contributed by atoms with Crippen LogP contribution in [0, 0.1) is 0 Å². The predicted octanol–water partition coefficient (Wildman–Crippen LogP) is 1.21. The van der Waals surface area contributed by atoms with E-state index in [0.717, 1.165) is 0 Å². The van der Waals surface area contributed by atoms with Gasteiger partial charge in [0.2, 0.25) is 0 Å². The van der Waals surface area contributed by atoms with Gasteiger partial charge in [-0.3, -0.25) is 4.79 Å². The smallest absolute Gasteiger partial charge is 0.334 e. The number of aliphatic carboxylic acids is 1. The number of carboxylic acid groups (broad SMARTS) is 1. The maximum Gasteiger partial charge on any atom is 0.334 e. The molecule has 0 bridgehead atoms. The van der Waals surface area contributed by atoms with E-state index >= 15 is 0 Å². The van der Waals surface area contributed by atoms with E-state index in [1.807, 2.05) is 20.8 Å². The lowest BCUT2D eigenvalue weighted by atomic mass is 9.91. The third kappa shape index (κ3) is 4.47. The molecule has 0 fully saturated rings. The monoisotopic (exact) mass is 300 g/mol. The Morgan fingerprint density at radius 3 is 2.50 bits per heavy atom. The van der Waals surface area contributed by atoms with Gasteiger partial charge in [-0.15, -0.1) is 0 Å². The zero-order chi connectivity index (χ0) is 15.5. The van der Waals surface area contributed by atoms with Crippen LogP contribution in [0.1, 0.15) is 36.8 Å². The summed E-state index contributed by atoms with van der Waals surface area (Å²) in [5, 5.41) is 20.1. The number of carboxylic acids is 1. The molecule has 0 spiro atoms. The van der Waals surface area contributed by atoms with E-state index in [1.54, 1.807) is 6.07 Å². The van der Waals surface area contributed by atoms with Crippen molar-refractivity contribution >= 4 is 23.5 Å². The molecule has 1 unspecified atom stereocenters. The Morgan fingerprint density at radius 1 is 1.40 bits per heavy atom. The summed E-state index contributed by atoms with van der Waals surface area (Å²) in [6, 6.07) is 2.98. The molecule has 0 aliphatic rings. The summed E-state index contributed by atoms with van der Waals surface area (Å²) in [7, 11) is 0. The van der Waals surface area contributed by atoms with E-state index in [4.69, 9.17) is 21.8 Å². The van der Waals surface area contributed by atoms with E-state index in [2.05, 4.69) is 10.3 Å². The van der Waals surface area contributed by atoms with Gasteiger partial charge in [0, 0.05) is 16.7 Å². The average molecular weight is 301 g/mol. The van der Waals surface area contributed by atoms with Gasteiger partial charge < -0.3 is 15.5 Å². The molecule has 6 nitrogen and oxygen atoms in total. The highest BCUT2D eigenvalue weighted by atomic mass is 35.5. The number of carbonyl (C=O) groups is 2. The molecule has 0 aliphatic heterocycles. The van der Waals surface area contributed by atoms with Gasteiger partial charge in [-0.25, -0.2) is 9.78 Å². The van der Waals surface area contributed by atoms with Crippen molar-refractivity contribution < 1.29 is 19.8 Å². The molecule has 1 atom stereocenters. The van der Waals surface area contributed by atoms with Crippen LogP contribution in [0.4, 0.5) is 0 Å². The zero-order valence-corrected chi connectivity index (χ0v) is 12.2. The number of aliphatic hydroxyl groups is 1. The highest BCUT2D eigenvalue weighted by Gasteiger charge is 2.20. The van der Waals surface area contributed by atoms with E-state index in [9.17, 15) is 9.59 Å². The van der Waals surface area contributed by atoms with Crippen molar-refractivity contribution in [3.8, 4) is 0 Å². The zero-order valence-electron chi connectivity index (χ0n) is 11.5. The fraction of sp³-hybridized carbons (Fsp3) is 0.462. The number of amides is 1. The number of rotatable bonds is 4. The van der Waals surface area contributed by atoms with Crippen LogP contribution in [0.2, 0.25) is 5.15 Å². The lowest BCUT2D eigenvalue weighted by Gasteiger charge is -2.18. The van der Waals surface area contributed by atoms with Crippen molar-refractivity contribution in [3.05, 3.63) is 28.5 Å². The normalized spacial score (nSPS) is 12.8. The first-order chi connectivity index (χ1) is 9.11. The molecule has 110 valence electrons. The minimum atomic E-state index is -1.64. The van der Waals surface area contributed by atoms with Crippen LogP contribution in [0.15, 0.2) is 12.1 Å². The Bertz CT molecular complexity index is 526. The minimum Gasteiger partial charge on any atom is -0.479 e. The van der Waals surface area contributed by atoms with E-state index in [1.165, 1.54) is 6.07 Å². The first kappa shape index (κ1) is 16.4. The molecule has 0 aromatic carbocycles. The molecular weight excluding hydrogens is 284 g/mol. The van der Waals surface area contributed by atoms with Crippen molar-refractivity contribution in [3.63, 3.8) is 0 Å². The molecule has 20 heavy (non-hydrogen) atoms. The summed E-state index contributed by atoms with van der Waals surface area (Å²) in [4.78, 5) is 26.5. The first-order valence-corrected chi connectivity index (χ1v) is 6.36. The van der Waals surface area contributed by atoms with E-state index < -0.39 is 18.0 Å². The number of carbonyl (C=O) groups excluding carboxylic acids is 1. The Hall–Kier alpha value is -1.66. The highest BCUT2D eigenvalue weighted by Crippen LogP contribution is 2.23. The lowest BCUT2D eigenvalue weighted by Crippen LogP contribution is -2.36. The fourth-order valence-electron chi connectivity index (χ4n) is 1.39. The highest BCUT2D eigenvalue weighted by molar-refractivity contribution is 6.29. The topological polar surface area (TPSA) is 99.5 Å². The van der Waals surface area contributed by atoms with Crippen LogP contribution in [-0.2, 0) is 10.2 Å². The number of nitrogens with zero attached hydrogens (tertiary/aromatic N) is 1. The Morgan fingerprint density at radius 2 is 2.00 bits per heavy atom. The van der Waals surface area contributed by atoms with Gasteiger partial charge in [0.25, 0.3) is 5.91 Å². The van der Waals surface area contributed by atoms with Gasteiger partial charge in [0.05, 0.1) is 6.54 Å². The SMILES string of the molecule is CC(C)(C)c1cc(C(=O)NCC(O)C(=O)O)cc(Cl)n1. The van der Waals surface area contributed by atoms with E-state index in [0.29, 0.717) is 5.69 Å². The second kappa shape index (κ2) is 6.19. The third-order valence-electron chi connectivity index (χ3n) is 2.57. The Labute approximate surface area is 121 Å². The van der Waals surface area contributed by atoms with E-state index in [-0.39, 0.29) is 22.7 Å². The van der Waals surface area contributed by atoms with Crippen molar-refractivity contribution in [2.45, 2.75) is 32.3 Å². The summed E-state index contributed by atoms with van der Waals surface area (Å²) in [5.41, 5.74) is 0.641. The largest absolute Gasteiger partial charge is 0.479 e. The van der Waals surface area contributed by atoms with Crippen molar-refractivity contribution in [2.75, 3.05) is 6.54 Å². The second-order valence-electron chi connectivity index (χ2n) is 5.38. The number of halogens is 1. The second-order valence-corrected chi connectivity index (χ2v) is 5.77. The molecule has 1 aromatic heterocycles. The number of aromatic nitrogens is 1. The fourth-order valence-corrected chi connectivity index (χ4v) is 1.60. The first-order valence-electron chi connectivity index (χ1n) is 5.98. The van der Waals surface area contributed by atoms with Gasteiger partial charge in [0.15, 0.2) is 6.10 Å². The molecule has 1 aromatic rings. The molecule has 0 radical (unpaired) electrons. The van der Waals surface area contributed by atoms with Crippen molar-refractivity contribution in [2.24, 2.45) is 0 Å². The maximum atomic E-state index is 11.9. The van der Waals surface area contributed by atoms with Crippen molar-refractivity contribution in [1.82, 2.24) is 10.3 Å². The molecule has 0 saturated heterocycles. The van der Waals surface area contributed by atoms with Gasteiger partial charge >= 0.3 is 5.97 Å². The summed E-state index contributed by atoms with van der Waals surface area (Å²) >= 11 is 5.88. The minimum absolute atomic E-state index is 0.182. The molecule has 7 heteroatoms. The van der Waals surface area contributed by atoms with Gasteiger partial charge in [-0.1, -0.05) is 32.4 Å². The molecule has 1 amide bonds. The summed E-state index contributed by atoms with van der Waals surface area (Å²) < 4.78 is 0. The molecule has 1 heterocycles. The molecular formula is C13H17ClN2O4. The average Bonchev–Trinajstić information content (AvgIpc) is 2.33. The summed E-state index contributed by atoms with van der Waals surface area (Å²) in [6.07, 6.45) is -1.64. The Kier molecular flexibility index (Phi) is 5.08. The summed E-state index contributed by atoms with van der Waals surface area (Å²) in [5.74, 6) is -1.91. The van der Waals surface area contributed by atoms with Crippen LogP contribution in [0.3, 0.4) is 0 Å². The van der Waals surface area contributed by atoms with Gasteiger partial charge in [-0.05, 0) is 12.1 Å². The van der Waals surface area contributed by atoms with Crippen molar-refractivity contribution in [1.29, 1.82) is 0 Å². The van der Waals surface area contributed by atoms with Crippen LogP contribution in [-0.4, -0.2) is 39.7 Å². The molecule has 0 saturated carbocycles. The number of aliphatic hydroxyl groups excluding tert-OH is 1. The number of nitrogens with one attached hydrogen (secondary N) is 1.